The van der Waals surface area contributed by atoms with E-state index in [0.717, 1.165) is 13.2 Å². The zero-order valence-corrected chi connectivity index (χ0v) is 11.5. The van der Waals surface area contributed by atoms with Gasteiger partial charge in [0.15, 0.2) is 5.69 Å². The predicted octanol–water partition coefficient (Wildman–Crippen LogP) is 2.22. The van der Waals surface area contributed by atoms with Gasteiger partial charge in [-0.1, -0.05) is 21.0 Å². The normalized spacial score (nSPS) is 12.1. The van der Waals surface area contributed by atoms with Gasteiger partial charge in [0, 0.05) is 10.5 Å². The van der Waals surface area contributed by atoms with Crippen LogP contribution in [0.5, 0.6) is 0 Å². The van der Waals surface area contributed by atoms with Crippen molar-refractivity contribution in [2.24, 2.45) is 10.2 Å². The highest BCUT2D eigenvalue weighted by atomic mass is 79.9. The average molecular weight is 347 g/mol. The summed E-state index contributed by atoms with van der Waals surface area (Å²) < 4.78 is 4.62. The first-order valence-corrected chi connectivity index (χ1v) is 5.72. The van der Waals surface area contributed by atoms with E-state index in [2.05, 4.69) is 30.9 Å². The minimum absolute atomic E-state index is 0.214. The number of nitro benzene ring substituents is 1. The highest BCUT2D eigenvalue weighted by molar-refractivity contribution is 9.10. The van der Waals surface area contributed by atoms with E-state index in [9.17, 15) is 25.0 Å². The van der Waals surface area contributed by atoms with Gasteiger partial charge in [0.05, 0.1) is 17.0 Å². The minimum Gasteiger partial charge on any atom is -0.462 e. The second kappa shape index (κ2) is 6.65. The Labute approximate surface area is 119 Å². The van der Waals surface area contributed by atoms with Gasteiger partial charge >= 0.3 is 12.1 Å². The molecule has 1 aromatic carbocycles. The topological polar surface area (TPSA) is 137 Å². The van der Waals surface area contributed by atoms with Gasteiger partial charge in [0.1, 0.15) is 0 Å². The van der Waals surface area contributed by atoms with Crippen molar-refractivity contribution in [1.29, 1.82) is 0 Å². The van der Waals surface area contributed by atoms with E-state index < -0.39 is 27.7 Å². The van der Waals surface area contributed by atoms with Crippen molar-refractivity contribution in [2.45, 2.75) is 6.17 Å². The Morgan fingerprint density at radius 3 is 2.55 bits per heavy atom. The minimum atomic E-state index is -2.07. The van der Waals surface area contributed by atoms with E-state index >= 15 is 0 Å². The molecule has 1 atom stereocenters. The fourth-order valence-corrected chi connectivity index (χ4v) is 1.47. The maximum absolute atomic E-state index is 11.1. The van der Waals surface area contributed by atoms with Crippen molar-refractivity contribution in [3.05, 3.63) is 42.9 Å². The van der Waals surface area contributed by atoms with E-state index in [-0.39, 0.29) is 5.69 Å². The molecule has 11 heteroatoms. The van der Waals surface area contributed by atoms with Gasteiger partial charge in [-0.15, -0.1) is 5.11 Å². The molecule has 0 aliphatic carbocycles. The Hall–Kier alpha value is -2.43. The van der Waals surface area contributed by atoms with Crippen molar-refractivity contribution in [2.75, 3.05) is 7.11 Å². The Balaban J connectivity index is 3.14. The largest absolute Gasteiger partial charge is 0.462 e. The quantitative estimate of drug-likeness (QED) is 0.346. The Kier molecular flexibility index (Phi) is 5.20. The third-order valence-electron chi connectivity index (χ3n) is 2.02. The Morgan fingerprint density at radius 2 is 2.05 bits per heavy atom. The first kappa shape index (κ1) is 15.6. The maximum atomic E-state index is 11.1. The summed E-state index contributed by atoms with van der Waals surface area (Å²) in [5.41, 5.74) is -0.621. The summed E-state index contributed by atoms with van der Waals surface area (Å²) in [7, 11) is 0.955. The van der Waals surface area contributed by atoms with Crippen LogP contribution in [0.1, 0.15) is 0 Å². The van der Waals surface area contributed by atoms with E-state index in [4.69, 9.17) is 0 Å². The summed E-state index contributed by atoms with van der Waals surface area (Å²) >= 11 is 3.04. The van der Waals surface area contributed by atoms with Gasteiger partial charge < -0.3 is 4.74 Å². The standard InChI is InChI=1S/C9H7BrN4O6/c1-20-9(15)8(14(18)19)12-11-6-3-2-5(10)4-7(6)13(16)17/h2-4,8H,1H3. The number of ether oxygens (including phenoxy) is 1. The van der Waals surface area contributed by atoms with E-state index in [1.54, 1.807) is 0 Å². The van der Waals surface area contributed by atoms with Crippen molar-refractivity contribution >= 4 is 33.3 Å². The molecule has 0 fully saturated rings. The van der Waals surface area contributed by atoms with Crippen LogP contribution >= 0.6 is 15.9 Å². The molecule has 0 bridgehead atoms. The molecule has 0 N–H and O–H groups in total. The van der Waals surface area contributed by atoms with Crippen LogP contribution in [0, 0.1) is 20.2 Å². The van der Waals surface area contributed by atoms with Crippen molar-refractivity contribution in [1.82, 2.24) is 0 Å². The SMILES string of the molecule is COC(=O)C(N=Nc1ccc(Br)cc1[N+](=O)[O-])[N+](=O)[O-]. The number of carbonyl (C=O) groups excluding carboxylic acids is 1. The predicted molar refractivity (Wildman–Crippen MR) is 68.1 cm³/mol. The number of azo groups is 1. The van der Waals surface area contributed by atoms with Gasteiger partial charge in [-0.05, 0) is 12.1 Å². The second-order valence-corrected chi connectivity index (χ2v) is 4.20. The molecule has 1 aromatic rings. The fourth-order valence-electron chi connectivity index (χ4n) is 1.13. The molecule has 0 aliphatic heterocycles. The molecule has 0 amide bonds. The summed E-state index contributed by atoms with van der Waals surface area (Å²) in [4.78, 5) is 30.8. The van der Waals surface area contributed by atoms with Crippen LogP contribution in [0.15, 0.2) is 32.9 Å². The Bertz CT molecular complexity index is 590. The van der Waals surface area contributed by atoms with Crippen LogP contribution in [0.4, 0.5) is 11.4 Å². The van der Waals surface area contributed by atoms with Gasteiger partial charge in [-0.2, -0.15) is 0 Å². The highest BCUT2D eigenvalue weighted by Crippen LogP contribution is 2.30. The van der Waals surface area contributed by atoms with E-state index in [1.165, 1.54) is 12.1 Å². The van der Waals surface area contributed by atoms with Gasteiger partial charge in [-0.3, -0.25) is 20.2 Å². The summed E-state index contributed by atoms with van der Waals surface area (Å²) in [5, 5.41) is 28.0. The van der Waals surface area contributed by atoms with Crippen LogP contribution in [0.25, 0.3) is 0 Å². The first-order valence-electron chi connectivity index (χ1n) is 4.93. The smallest absolute Gasteiger partial charge is 0.416 e. The molecule has 0 radical (unpaired) electrons. The molecule has 20 heavy (non-hydrogen) atoms. The summed E-state index contributed by atoms with van der Waals surface area (Å²) in [5.74, 6) is -1.22. The third kappa shape index (κ3) is 3.78. The molecular formula is C9H7BrN4O6. The van der Waals surface area contributed by atoms with E-state index in [0.29, 0.717) is 4.47 Å². The first-order chi connectivity index (χ1) is 9.36. The zero-order valence-electron chi connectivity index (χ0n) is 9.93. The Morgan fingerprint density at radius 1 is 1.40 bits per heavy atom. The number of nitro groups is 2. The molecular weight excluding hydrogens is 340 g/mol. The lowest BCUT2D eigenvalue weighted by Crippen LogP contribution is -2.28. The number of methoxy groups -OCH3 is 1. The zero-order chi connectivity index (χ0) is 15.3. The number of hydrogen-bond acceptors (Lipinski definition) is 8. The van der Waals surface area contributed by atoms with Crippen molar-refractivity contribution < 1.29 is 19.4 Å². The lowest BCUT2D eigenvalue weighted by molar-refractivity contribution is -0.509. The van der Waals surface area contributed by atoms with Crippen molar-refractivity contribution in [3.63, 3.8) is 0 Å². The molecule has 106 valence electrons. The molecule has 0 spiro atoms. The van der Waals surface area contributed by atoms with Crippen LogP contribution in [0.2, 0.25) is 0 Å². The summed E-state index contributed by atoms with van der Waals surface area (Å²) in [6, 6.07) is 3.84. The number of rotatable bonds is 5. The van der Waals surface area contributed by atoms with Gasteiger partial charge in [0.25, 0.3) is 5.69 Å². The molecule has 0 saturated carbocycles. The third-order valence-corrected chi connectivity index (χ3v) is 2.51. The number of carbonyl (C=O) groups is 1. The number of esters is 1. The van der Waals surface area contributed by atoms with Gasteiger partial charge in [-0.25, -0.2) is 4.79 Å². The lowest BCUT2D eigenvalue weighted by Gasteiger charge is -2.01. The molecule has 10 nitrogen and oxygen atoms in total. The molecule has 0 aliphatic rings. The van der Waals surface area contributed by atoms with Crippen LogP contribution < -0.4 is 0 Å². The highest BCUT2D eigenvalue weighted by Gasteiger charge is 2.30. The summed E-state index contributed by atoms with van der Waals surface area (Å²) in [6.45, 7) is 0. The van der Waals surface area contributed by atoms with Crippen LogP contribution in [-0.2, 0) is 9.53 Å². The number of hydrogen-bond donors (Lipinski definition) is 0. The number of benzene rings is 1. The maximum Gasteiger partial charge on any atom is 0.416 e. The van der Waals surface area contributed by atoms with Gasteiger partial charge in [0.2, 0.25) is 0 Å². The summed E-state index contributed by atoms with van der Waals surface area (Å²) in [6.07, 6.45) is -2.07. The fraction of sp³-hybridized carbons (Fsp3) is 0.222. The molecule has 0 heterocycles. The van der Waals surface area contributed by atoms with Crippen LogP contribution in [0.3, 0.4) is 0 Å². The molecule has 1 unspecified atom stereocenters. The number of nitrogens with zero attached hydrogens (tertiary/aromatic N) is 4. The second-order valence-electron chi connectivity index (χ2n) is 3.29. The monoisotopic (exact) mass is 346 g/mol. The molecule has 0 saturated heterocycles. The lowest BCUT2D eigenvalue weighted by atomic mass is 10.3. The number of halogens is 1. The van der Waals surface area contributed by atoms with E-state index in [1.807, 2.05) is 0 Å². The van der Waals surface area contributed by atoms with Crippen LogP contribution in [-0.4, -0.2) is 29.1 Å². The average Bonchev–Trinajstić information content (AvgIpc) is 2.39. The molecule has 1 rings (SSSR count). The molecule has 0 aromatic heterocycles. The van der Waals surface area contributed by atoms with Crippen molar-refractivity contribution in [3.8, 4) is 0 Å².